The molecule has 2 heterocycles. The van der Waals surface area contributed by atoms with Crippen LogP contribution in [0.15, 0.2) is 30.3 Å². The van der Waals surface area contributed by atoms with Gasteiger partial charge in [-0.25, -0.2) is 0 Å². The maximum atomic E-state index is 14.9. The van der Waals surface area contributed by atoms with Crippen molar-refractivity contribution in [2.45, 2.75) is 37.3 Å². The van der Waals surface area contributed by atoms with Crippen molar-refractivity contribution in [3.63, 3.8) is 0 Å². The predicted octanol–water partition coefficient (Wildman–Crippen LogP) is -2.58. The minimum absolute atomic E-state index is 0.0910. The van der Waals surface area contributed by atoms with Crippen LogP contribution in [-0.2, 0) is 26.9 Å². The number of benzene rings is 2. The molecule has 0 saturated carbocycles. The van der Waals surface area contributed by atoms with Gasteiger partial charge in [0.25, 0.3) is 11.8 Å². The lowest BCUT2D eigenvalue weighted by molar-refractivity contribution is -0.154. The van der Waals surface area contributed by atoms with Crippen LogP contribution in [0.4, 0.5) is 8.78 Å². The zero-order valence-electron chi connectivity index (χ0n) is 20.3. The third-order valence-corrected chi connectivity index (χ3v) is 7.30. The van der Waals surface area contributed by atoms with Crippen molar-refractivity contribution in [3.8, 4) is 0 Å². The first kappa shape index (κ1) is 26.0. The molecule has 2 unspecified atom stereocenters. The molecule has 1 fully saturated rings. The molecule has 0 aliphatic carbocycles. The summed E-state index contributed by atoms with van der Waals surface area (Å²) in [6.45, 7) is -0.0910. The molecule has 14 heteroatoms. The summed E-state index contributed by atoms with van der Waals surface area (Å²) >= 11 is 5.78. The Hall–Kier alpha value is -3.07. The highest BCUT2D eigenvalue weighted by atomic mass is 35.5. The second-order valence-corrected chi connectivity index (χ2v) is 9.79. The van der Waals surface area contributed by atoms with E-state index in [1.165, 1.54) is 25.0 Å². The van der Waals surface area contributed by atoms with Gasteiger partial charge >= 0.3 is 5.92 Å². The number of alkyl halides is 2. The molecular weight excluding hydrogens is 487 g/mol. The zero-order chi connectivity index (χ0) is 26.5. The van der Waals surface area contributed by atoms with Crippen molar-refractivity contribution < 1.29 is 28.0 Å². The van der Waals surface area contributed by atoms with E-state index in [0.29, 0.717) is 27.6 Å². The topological polar surface area (TPSA) is 86.8 Å². The van der Waals surface area contributed by atoms with Gasteiger partial charge in [0.15, 0.2) is 0 Å². The highest BCUT2D eigenvalue weighted by molar-refractivity contribution is 6.42. The third kappa shape index (κ3) is 4.34. The van der Waals surface area contributed by atoms with Crippen LogP contribution in [0.1, 0.15) is 45.8 Å². The second kappa shape index (κ2) is 9.42. The molecule has 0 radical (unpaired) electrons. The highest BCUT2D eigenvalue weighted by Gasteiger charge is 2.45. The summed E-state index contributed by atoms with van der Waals surface area (Å²) in [5, 5.41) is 2.57. The van der Waals surface area contributed by atoms with Gasteiger partial charge in [0.2, 0.25) is 19.8 Å². The van der Waals surface area contributed by atoms with E-state index in [1.807, 2.05) is 0 Å². The Morgan fingerprint density at radius 1 is 1.19 bits per heavy atom. The smallest absolute Gasteiger partial charge is 0.348 e. The fraction of sp³-hybridized carbons (Fsp3) is 0.273. The molecule has 2 atom stereocenters. The number of fused-ring (bicyclic) bond motifs is 1. The van der Waals surface area contributed by atoms with Crippen LogP contribution in [0.5, 0.6) is 0 Å². The summed E-state index contributed by atoms with van der Waals surface area (Å²) in [6.07, 6.45) is 0.373. The van der Waals surface area contributed by atoms with E-state index >= 15 is 0 Å². The monoisotopic (exact) mass is 509 g/mol. The quantitative estimate of drug-likeness (QED) is 0.355. The van der Waals surface area contributed by atoms with Crippen LogP contribution in [0.25, 0.3) is 0 Å². The molecule has 36 heavy (non-hydrogen) atoms. The Morgan fingerprint density at radius 3 is 2.44 bits per heavy atom. The first-order chi connectivity index (χ1) is 16.8. The van der Waals surface area contributed by atoms with E-state index in [2.05, 4.69) is 5.32 Å². The lowest BCUT2D eigenvalue weighted by Gasteiger charge is -2.33. The number of hydrogen-bond acceptors (Lipinski definition) is 4. The third-order valence-electron chi connectivity index (χ3n) is 7.05. The Bertz CT molecular complexity index is 1300. The molecule has 7 nitrogen and oxygen atoms in total. The molecule has 1 saturated heterocycles. The number of nitrogens with one attached hydrogen (secondary N) is 1. The summed E-state index contributed by atoms with van der Waals surface area (Å²) in [5.41, 5.74) is 2.70. The molecule has 2 aliphatic heterocycles. The van der Waals surface area contributed by atoms with Gasteiger partial charge in [-0.3, -0.25) is 24.5 Å². The number of carbonyl (C=O) groups excluding carboxylic acids is 4. The van der Waals surface area contributed by atoms with Gasteiger partial charge in [-0.15, -0.1) is 0 Å². The minimum atomic E-state index is -3.75. The summed E-state index contributed by atoms with van der Waals surface area (Å²) in [6, 6.07) is 5.76. The maximum absolute atomic E-state index is 14.9. The first-order valence-electron chi connectivity index (χ1n) is 11.5. The standard InChI is InChI=1S/C22H22B4ClF2N3O4/c23-13-7-11-16(18(25)32(20(11)35)14-5-6-15(33)30-19(14)34)17(24)12(13)8-31(26)21(36)22(28,29)9-1-3-10(27)4-2-9/h1-4,7,14,18H,5-6,8,23-26H2,(H,30,33,34). The Labute approximate surface area is 215 Å². The van der Waals surface area contributed by atoms with Crippen LogP contribution < -0.4 is 16.2 Å². The second-order valence-electron chi connectivity index (χ2n) is 9.36. The molecule has 4 amide bonds. The molecule has 4 rings (SSSR count). The van der Waals surface area contributed by atoms with E-state index in [0.717, 1.165) is 16.9 Å². The number of halogens is 3. The van der Waals surface area contributed by atoms with E-state index in [1.54, 1.807) is 29.6 Å². The lowest BCUT2D eigenvalue weighted by atomic mass is 9.72. The fourth-order valence-corrected chi connectivity index (χ4v) is 5.27. The molecule has 2 aromatic carbocycles. The van der Waals surface area contributed by atoms with Crippen LogP contribution in [0.3, 0.4) is 0 Å². The van der Waals surface area contributed by atoms with Crippen LogP contribution >= 0.6 is 11.6 Å². The minimum Gasteiger partial charge on any atom is -0.384 e. The Morgan fingerprint density at radius 2 is 1.83 bits per heavy atom. The maximum Gasteiger partial charge on any atom is 0.348 e. The molecule has 0 bridgehead atoms. The summed E-state index contributed by atoms with van der Waals surface area (Å²) in [5.74, 6) is -6.77. The molecule has 182 valence electrons. The number of carbonyl (C=O) groups is 4. The van der Waals surface area contributed by atoms with Crippen LogP contribution in [0.2, 0.25) is 5.02 Å². The lowest BCUT2D eigenvalue weighted by Crippen LogP contribution is -2.53. The van der Waals surface area contributed by atoms with Crippen molar-refractivity contribution in [1.29, 1.82) is 0 Å². The Kier molecular flexibility index (Phi) is 6.81. The van der Waals surface area contributed by atoms with Gasteiger partial charge < -0.3 is 9.71 Å². The number of nitrogens with zero attached hydrogens (tertiary/aromatic N) is 2. The van der Waals surface area contributed by atoms with E-state index in [-0.39, 0.29) is 36.2 Å². The van der Waals surface area contributed by atoms with Crippen LogP contribution in [0, 0.1) is 0 Å². The average molecular weight is 509 g/mol. The summed E-state index contributed by atoms with van der Waals surface area (Å²) in [4.78, 5) is 52.5. The van der Waals surface area contributed by atoms with Crippen molar-refractivity contribution in [2.24, 2.45) is 0 Å². The molecular formula is C22H22B4ClF2N3O4. The molecule has 2 aromatic rings. The zero-order valence-corrected chi connectivity index (χ0v) is 21.1. The van der Waals surface area contributed by atoms with Gasteiger partial charge in [0, 0.05) is 35.1 Å². The van der Waals surface area contributed by atoms with Gasteiger partial charge in [-0.1, -0.05) is 40.7 Å². The van der Waals surface area contributed by atoms with Gasteiger partial charge in [-0.05, 0) is 29.7 Å². The van der Waals surface area contributed by atoms with Gasteiger partial charge in [0.1, 0.15) is 29.6 Å². The van der Waals surface area contributed by atoms with E-state index in [9.17, 15) is 28.0 Å². The fourth-order valence-electron chi connectivity index (χ4n) is 5.14. The number of piperidine rings is 1. The van der Waals surface area contributed by atoms with Crippen molar-refractivity contribution in [2.75, 3.05) is 0 Å². The predicted molar refractivity (Wildman–Crippen MR) is 141 cm³/mol. The summed E-state index contributed by atoms with van der Waals surface area (Å²) < 4.78 is 29.9. The molecule has 0 spiro atoms. The van der Waals surface area contributed by atoms with Gasteiger partial charge in [0.05, 0.1) is 0 Å². The van der Waals surface area contributed by atoms with Crippen molar-refractivity contribution in [1.82, 2.24) is 15.0 Å². The average Bonchev–Trinajstić information content (AvgIpc) is 3.06. The highest BCUT2D eigenvalue weighted by Crippen LogP contribution is 2.35. The number of amides is 4. The van der Waals surface area contributed by atoms with Crippen LogP contribution in [-0.4, -0.2) is 70.9 Å². The summed E-state index contributed by atoms with van der Waals surface area (Å²) in [7, 11) is 6.64. The van der Waals surface area contributed by atoms with Crippen molar-refractivity contribution in [3.05, 3.63) is 57.6 Å². The number of imide groups is 1. The number of hydrogen-bond donors (Lipinski definition) is 1. The SMILES string of the molecule is Bc1cc2c(c(B)c1CN(B)C(=O)C(F)(F)c1ccc(Cl)cc1)C(B)N(C1CCC(=O)NC1=O)C2=O. The van der Waals surface area contributed by atoms with Gasteiger partial charge in [-0.2, -0.15) is 8.78 Å². The molecule has 1 N–H and O–H groups in total. The van der Waals surface area contributed by atoms with Crippen molar-refractivity contribution >= 4 is 77.7 Å². The molecule has 0 aromatic heterocycles. The first-order valence-corrected chi connectivity index (χ1v) is 11.9. The number of rotatable bonds is 5. The largest absolute Gasteiger partial charge is 0.384 e. The molecule has 2 aliphatic rings. The normalized spacial score (nSPS) is 19.8. The Balaban J connectivity index is 1.62. The van der Waals surface area contributed by atoms with E-state index < -0.39 is 35.3 Å². The van der Waals surface area contributed by atoms with E-state index in [4.69, 9.17) is 11.6 Å².